The predicted molar refractivity (Wildman–Crippen MR) is 103 cm³/mol. The van der Waals surface area contributed by atoms with Gasteiger partial charge in [0.05, 0.1) is 24.5 Å². The van der Waals surface area contributed by atoms with Crippen LogP contribution in [0.1, 0.15) is 31.4 Å². The van der Waals surface area contributed by atoms with Gasteiger partial charge in [-0.1, -0.05) is 18.2 Å². The molecule has 0 saturated carbocycles. The Morgan fingerprint density at radius 1 is 1.25 bits per heavy atom. The van der Waals surface area contributed by atoms with Crippen LogP contribution in [0.3, 0.4) is 0 Å². The molecule has 1 spiro atoms. The summed E-state index contributed by atoms with van der Waals surface area (Å²) in [4.78, 5) is 27.7. The molecular weight excluding hydrogens is 358 g/mol. The number of nitrogens with one attached hydrogen (secondary N) is 1. The topological polar surface area (TPSA) is 79.7 Å². The fourth-order valence-electron chi connectivity index (χ4n) is 3.81. The average Bonchev–Trinajstić information content (AvgIpc) is 3.28. The van der Waals surface area contributed by atoms with Crippen LogP contribution in [-0.2, 0) is 4.74 Å². The predicted octanol–water partition coefficient (Wildman–Crippen LogP) is 2.56. The van der Waals surface area contributed by atoms with E-state index in [2.05, 4.69) is 10.4 Å². The molecule has 2 aliphatic rings. The molecular formula is C20H25N5O3. The Morgan fingerprint density at radius 3 is 2.61 bits per heavy atom. The fourth-order valence-corrected chi connectivity index (χ4v) is 3.81. The second kappa shape index (κ2) is 7.18. The smallest absolute Gasteiger partial charge is 0.410 e. The van der Waals surface area contributed by atoms with Crippen molar-refractivity contribution in [2.75, 3.05) is 26.7 Å². The molecule has 148 valence electrons. The summed E-state index contributed by atoms with van der Waals surface area (Å²) in [6, 6.07) is 9.59. The maximum absolute atomic E-state index is 12.7. The van der Waals surface area contributed by atoms with Gasteiger partial charge >= 0.3 is 12.1 Å². The van der Waals surface area contributed by atoms with Crippen LogP contribution >= 0.6 is 0 Å². The number of amides is 3. The first-order valence-corrected chi connectivity index (χ1v) is 9.55. The van der Waals surface area contributed by atoms with Gasteiger partial charge in [-0.25, -0.2) is 14.3 Å². The van der Waals surface area contributed by atoms with Crippen molar-refractivity contribution >= 4 is 12.1 Å². The number of nitrogens with zero attached hydrogens (tertiary/aromatic N) is 4. The van der Waals surface area contributed by atoms with E-state index < -0.39 is 5.60 Å². The van der Waals surface area contributed by atoms with Crippen LogP contribution in [0.2, 0.25) is 0 Å². The Labute approximate surface area is 164 Å². The van der Waals surface area contributed by atoms with Crippen molar-refractivity contribution in [1.82, 2.24) is 24.9 Å². The fraction of sp³-hybridized carbons (Fsp3) is 0.450. The molecule has 8 nitrogen and oxygen atoms in total. The van der Waals surface area contributed by atoms with Gasteiger partial charge in [0.15, 0.2) is 0 Å². The molecule has 0 radical (unpaired) electrons. The van der Waals surface area contributed by atoms with Crippen LogP contribution in [0.25, 0.3) is 5.69 Å². The second-order valence-electron chi connectivity index (χ2n) is 7.62. The molecule has 1 N–H and O–H groups in total. The first-order chi connectivity index (χ1) is 13.5. The van der Waals surface area contributed by atoms with Crippen molar-refractivity contribution < 1.29 is 14.3 Å². The van der Waals surface area contributed by atoms with Crippen molar-refractivity contribution in [2.45, 2.75) is 31.4 Å². The largest absolute Gasteiger partial charge is 0.441 e. The van der Waals surface area contributed by atoms with Gasteiger partial charge in [-0.2, -0.15) is 5.10 Å². The molecule has 0 unspecified atom stereocenters. The van der Waals surface area contributed by atoms with E-state index in [1.807, 2.05) is 43.5 Å². The maximum Gasteiger partial charge on any atom is 0.410 e. The van der Waals surface area contributed by atoms with Gasteiger partial charge in [-0.05, 0) is 19.1 Å². The summed E-state index contributed by atoms with van der Waals surface area (Å²) in [7, 11) is 1.74. The van der Waals surface area contributed by atoms with Crippen LogP contribution in [0.5, 0.6) is 0 Å². The van der Waals surface area contributed by atoms with Gasteiger partial charge in [0.2, 0.25) is 0 Å². The number of ether oxygens (including phenoxy) is 1. The highest BCUT2D eigenvalue weighted by atomic mass is 16.6. The molecule has 1 atom stereocenters. The minimum atomic E-state index is -0.439. The van der Waals surface area contributed by atoms with E-state index in [9.17, 15) is 9.59 Å². The lowest BCUT2D eigenvalue weighted by Crippen LogP contribution is -2.51. The SMILES string of the molecule is C[C@@H](NC(=O)N1CCC2(CC1)CN(C)C(=O)O2)c1cnn(-c2ccccc2)c1. The van der Waals surface area contributed by atoms with Crippen molar-refractivity contribution in [1.29, 1.82) is 0 Å². The van der Waals surface area contributed by atoms with E-state index in [0.717, 1.165) is 11.3 Å². The number of piperidine rings is 1. The zero-order valence-corrected chi connectivity index (χ0v) is 16.2. The lowest BCUT2D eigenvalue weighted by atomic mass is 9.91. The van der Waals surface area contributed by atoms with E-state index in [1.54, 1.807) is 27.7 Å². The molecule has 1 aromatic carbocycles. The van der Waals surface area contributed by atoms with Gasteiger partial charge in [0.25, 0.3) is 0 Å². The van der Waals surface area contributed by atoms with Crippen molar-refractivity contribution in [2.24, 2.45) is 0 Å². The molecule has 4 rings (SSSR count). The summed E-state index contributed by atoms with van der Waals surface area (Å²) >= 11 is 0. The van der Waals surface area contributed by atoms with Crippen molar-refractivity contribution in [3.8, 4) is 5.69 Å². The van der Waals surface area contributed by atoms with Crippen LogP contribution < -0.4 is 5.32 Å². The third-order valence-corrected chi connectivity index (χ3v) is 5.57. The molecule has 1 aromatic heterocycles. The third kappa shape index (κ3) is 3.54. The zero-order valence-electron chi connectivity index (χ0n) is 16.2. The Morgan fingerprint density at radius 2 is 1.96 bits per heavy atom. The minimum Gasteiger partial charge on any atom is -0.441 e. The van der Waals surface area contributed by atoms with Crippen LogP contribution in [0.15, 0.2) is 42.7 Å². The first-order valence-electron chi connectivity index (χ1n) is 9.55. The number of carbonyl (C=O) groups is 2. The summed E-state index contributed by atoms with van der Waals surface area (Å²) in [5.74, 6) is 0. The lowest BCUT2D eigenvalue weighted by molar-refractivity contribution is 0.00947. The number of rotatable bonds is 3. The highest BCUT2D eigenvalue weighted by Gasteiger charge is 2.46. The monoisotopic (exact) mass is 383 g/mol. The van der Waals surface area contributed by atoms with Crippen molar-refractivity contribution in [3.63, 3.8) is 0 Å². The normalized spacial score (nSPS) is 19.6. The Bertz CT molecular complexity index is 858. The van der Waals surface area contributed by atoms with Crippen LogP contribution in [0, 0.1) is 0 Å². The number of benzene rings is 1. The highest BCUT2D eigenvalue weighted by Crippen LogP contribution is 2.32. The van der Waals surface area contributed by atoms with E-state index in [0.29, 0.717) is 32.5 Å². The molecule has 2 saturated heterocycles. The molecule has 3 amide bonds. The summed E-state index contributed by atoms with van der Waals surface area (Å²) in [5, 5.41) is 7.43. The molecule has 28 heavy (non-hydrogen) atoms. The summed E-state index contributed by atoms with van der Waals surface area (Å²) in [6.45, 7) is 3.69. The van der Waals surface area contributed by atoms with E-state index in [-0.39, 0.29) is 18.2 Å². The van der Waals surface area contributed by atoms with Gasteiger partial charge in [0.1, 0.15) is 5.60 Å². The molecule has 3 heterocycles. The molecule has 8 heteroatoms. The van der Waals surface area contributed by atoms with Crippen molar-refractivity contribution in [3.05, 3.63) is 48.3 Å². The Balaban J connectivity index is 1.33. The number of hydrogen-bond donors (Lipinski definition) is 1. The van der Waals surface area contributed by atoms with Gasteiger partial charge < -0.3 is 19.9 Å². The highest BCUT2D eigenvalue weighted by molar-refractivity contribution is 5.75. The summed E-state index contributed by atoms with van der Waals surface area (Å²) < 4.78 is 7.34. The number of hydrogen-bond acceptors (Lipinski definition) is 4. The number of para-hydroxylation sites is 1. The Kier molecular flexibility index (Phi) is 4.70. The standard InChI is InChI=1S/C20H25N5O3/c1-15(16-12-21-25(13-16)17-6-4-3-5-7-17)22-18(26)24-10-8-20(9-11-24)14-23(2)19(27)28-20/h3-7,12-13,15H,8-11,14H2,1-2H3,(H,22,26)/t15-/m1/s1. The van der Waals surface area contributed by atoms with E-state index >= 15 is 0 Å². The number of carbonyl (C=O) groups excluding carboxylic acids is 2. The minimum absolute atomic E-state index is 0.104. The summed E-state index contributed by atoms with van der Waals surface area (Å²) in [6.07, 6.45) is 4.76. The maximum atomic E-state index is 12.7. The molecule has 0 bridgehead atoms. The number of likely N-dealkylation sites (N-methyl/N-ethyl adjacent to an activating group) is 1. The van der Waals surface area contributed by atoms with Crippen LogP contribution in [0.4, 0.5) is 9.59 Å². The second-order valence-corrected chi connectivity index (χ2v) is 7.62. The Hall–Kier alpha value is -3.03. The van der Waals surface area contributed by atoms with E-state index in [1.165, 1.54) is 0 Å². The lowest BCUT2D eigenvalue weighted by Gasteiger charge is -2.37. The van der Waals surface area contributed by atoms with E-state index in [4.69, 9.17) is 4.74 Å². The first kappa shape index (κ1) is 18.3. The molecule has 2 aliphatic heterocycles. The zero-order chi connectivity index (χ0) is 19.7. The molecule has 2 fully saturated rings. The molecule has 0 aliphatic carbocycles. The average molecular weight is 383 g/mol. The van der Waals surface area contributed by atoms with Gasteiger partial charge in [-0.3, -0.25) is 0 Å². The number of urea groups is 1. The van der Waals surface area contributed by atoms with Gasteiger partial charge in [0, 0.05) is 44.7 Å². The van der Waals surface area contributed by atoms with Gasteiger partial charge in [-0.15, -0.1) is 0 Å². The molecule has 2 aromatic rings. The third-order valence-electron chi connectivity index (χ3n) is 5.57. The van der Waals surface area contributed by atoms with Crippen LogP contribution in [-0.4, -0.2) is 64.0 Å². The summed E-state index contributed by atoms with van der Waals surface area (Å²) in [5.41, 5.74) is 1.48. The number of likely N-dealkylation sites (tertiary alicyclic amines) is 1. The number of aromatic nitrogens is 2. The quantitative estimate of drug-likeness (QED) is 0.883.